The normalized spacial score (nSPS) is 32.5. The average Bonchev–Trinajstić information content (AvgIpc) is 2.81. The van der Waals surface area contributed by atoms with Crippen LogP contribution in [-0.4, -0.2) is 5.57 Å². The molecule has 0 aromatic heterocycles. The van der Waals surface area contributed by atoms with E-state index in [1.54, 1.807) is 38.5 Å². The standard InChI is InChI=1S/C9H15ISi/c10-11(7-1-2-7,8-3-4-8)9-5-6-9/h7-9H,1-6H2. The van der Waals surface area contributed by atoms with E-state index in [1.807, 2.05) is 0 Å². The molecule has 3 aliphatic rings. The van der Waals surface area contributed by atoms with E-state index in [2.05, 4.69) is 21.8 Å². The molecule has 3 fully saturated rings. The molecule has 0 spiro atoms. The highest BCUT2D eigenvalue weighted by Gasteiger charge is 2.61. The molecule has 0 atom stereocenters. The molecule has 0 aromatic carbocycles. The summed E-state index contributed by atoms with van der Waals surface area (Å²) < 4.78 is 0. The second-order valence-corrected chi connectivity index (χ2v) is 14.4. The van der Waals surface area contributed by atoms with Gasteiger partial charge >= 0.3 is 0 Å². The lowest BCUT2D eigenvalue weighted by atomic mass is 10.9. The molecule has 0 amide bonds. The summed E-state index contributed by atoms with van der Waals surface area (Å²) in [5.74, 6) is 0. The number of hydrogen-bond acceptors (Lipinski definition) is 0. The summed E-state index contributed by atoms with van der Waals surface area (Å²) in [6.45, 7) is 0. The zero-order valence-corrected chi connectivity index (χ0v) is 10.0. The quantitative estimate of drug-likeness (QED) is 0.418. The van der Waals surface area contributed by atoms with E-state index in [0.29, 0.717) is 0 Å². The van der Waals surface area contributed by atoms with Crippen molar-refractivity contribution in [2.24, 2.45) is 0 Å². The van der Waals surface area contributed by atoms with Gasteiger partial charge in [0.1, 0.15) is 5.57 Å². The summed E-state index contributed by atoms with van der Waals surface area (Å²) in [5.41, 5.74) is 3.16. The fraction of sp³-hybridized carbons (Fsp3) is 1.00. The van der Waals surface area contributed by atoms with Crippen LogP contribution in [-0.2, 0) is 0 Å². The van der Waals surface area contributed by atoms with Crippen molar-refractivity contribution in [2.45, 2.75) is 55.1 Å². The van der Waals surface area contributed by atoms with Crippen LogP contribution in [0.1, 0.15) is 38.5 Å². The highest BCUT2D eigenvalue weighted by atomic mass is 127. The zero-order chi connectivity index (χ0) is 7.47. The van der Waals surface area contributed by atoms with Crippen molar-refractivity contribution in [1.82, 2.24) is 0 Å². The maximum atomic E-state index is 2.97. The molecule has 3 rings (SSSR count). The third-order valence-electron chi connectivity index (χ3n) is 3.61. The predicted octanol–water partition coefficient (Wildman–Crippen LogP) is 3.86. The first kappa shape index (κ1) is 7.36. The molecule has 0 N–H and O–H groups in total. The van der Waals surface area contributed by atoms with Crippen molar-refractivity contribution in [3.8, 4) is 0 Å². The van der Waals surface area contributed by atoms with Crippen molar-refractivity contribution in [3.63, 3.8) is 0 Å². The van der Waals surface area contributed by atoms with Gasteiger partial charge in [-0.1, -0.05) is 38.5 Å². The third-order valence-corrected chi connectivity index (χ3v) is 17.0. The molecular weight excluding hydrogens is 263 g/mol. The lowest BCUT2D eigenvalue weighted by molar-refractivity contribution is 1.17. The Kier molecular flexibility index (Phi) is 1.50. The van der Waals surface area contributed by atoms with Crippen LogP contribution in [0.5, 0.6) is 0 Å². The van der Waals surface area contributed by atoms with Crippen LogP contribution < -0.4 is 0 Å². The van der Waals surface area contributed by atoms with Crippen LogP contribution >= 0.6 is 21.8 Å². The Morgan fingerprint density at radius 3 is 1.18 bits per heavy atom. The molecule has 2 heteroatoms. The number of halogens is 1. The lowest BCUT2D eigenvalue weighted by Gasteiger charge is -2.24. The summed E-state index contributed by atoms with van der Waals surface area (Å²) in [6, 6.07) is 0. The van der Waals surface area contributed by atoms with Crippen LogP contribution in [0.4, 0.5) is 0 Å². The van der Waals surface area contributed by atoms with E-state index in [0.717, 1.165) is 0 Å². The van der Waals surface area contributed by atoms with Crippen LogP contribution in [0.15, 0.2) is 0 Å². The summed E-state index contributed by atoms with van der Waals surface area (Å²) in [6.07, 6.45) is 9.68. The molecule has 0 aliphatic heterocycles. The minimum absolute atomic E-state index is 0.678. The van der Waals surface area contributed by atoms with Gasteiger partial charge in [0.2, 0.25) is 0 Å². The van der Waals surface area contributed by atoms with Crippen LogP contribution in [0.25, 0.3) is 0 Å². The van der Waals surface area contributed by atoms with E-state index >= 15 is 0 Å². The van der Waals surface area contributed by atoms with E-state index in [-0.39, 0.29) is 0 Å². The zero-order valence-electron chi connectivity index (χ0n) is 6.85. The third kappa shape index (κ3) is 1.12. The van der Waals surface area contributed by atoms with Gasteiger partial charge < -0.3 is 0 Å². The maximum Gasteiger partial charge on any atom is 0.134 e. The number of rotatable bonds is 3. The van der Waals surface area contributed by atoms with Crippen molar-refractivity contribution >= 4 is 27.4 Å². The highest BCUT2D eigenvalue weighted by Crippen LogP contribution is 2.70. The Labute approximate surface area is 82.4 Å². The topological polar surface area (TPSA) is 0 Å². The minimum atomic E-state index is -0.678. The van der Waals surface area contributed by atoms with Crippen LogP contribution in [0.2, 0.25) is 16.6 Å². The Hall–Kier alpha value is 0.947. The number of hydrogen-bond donors (Lipinski definition) is 0. The second-order valence-electron chi connectivity index (χ2n) is 4.65. The molecule has 0 unspecified atom stereocenters. The summed E-state index contributed by atoms with van der Waals surface area (Å²) in [4.78, 5) is 0. The highest BCUT2D eigenvalue weighted by molar-refractivity contribution is 14.1. The average molecular weight is 278 g/mol. The summed E-state index contributed by atoms with van der Waals surface area (Å²) >= 11 is 2.97. The van der Waals surface area contributed by atoms with Gasteiger partial charge in [0.25, 0.3) is 0 Å². The molecule has 0 aromatic rings. The van der Waals surface area contributed by atoms with Gasteiger partial charge in [-0.2, -0.15) is 0 Å². The van der Waals surface area contributed by atoms with E-state index < -0.39 is 5.57 Å². The Morgan fingerprint density at radius 1 is 0.727 bits per heavy atom. The molecule has 3 aliphatic carbocycles. The van der Waals surface area contributed by atoms with Gasteiger partial charge in [-0.25, -0.2) is 0 Å². The molecular formula is C9H15ISi. The molecule has 62 valence electrons. The molecule has 0 nitrogen and oxygen atoms in total. The largest absolute Gasteiger partial charge is 0.134 e. The first-order valence-corrected chi connectivity index (χ1v) is 10.4. The first-order valence-electron chi connectivity index (χ1n) is 5.00. The molecule has 0 bridgehead atoms. The van der Waals surface area contributed by atoms with Crippen molar-refractivity contribution in [3.05, 3.63) is 0 Å². The predicted molar refractivity (Wildman–Crippen MR) is 58.7 cm³/mol. The fourth-order valence-corrected chi connectivity index (χ4v) is 13.3. The van der Waals surface area contributed by atoms with Crippen LogP contribution in [0, 0.1) is 0 Å². The van der Waals surface area contributed by atoms with Crippen molar-refractivity contribution in [1.29, 1.82) is 0 Å². The van der Waals surface area contributed by atoms with Gasteiger partial charge in [-0.15, -0.1) is 21.8 Å². The van der Waals surface area contributed by atoms with E-state index in [9.17, 15) is 0 Å². The monoisotopic (exact) mass is 278 g/mol. The molecule has 11 heavy (non-hydrogen) atoms. The Balaban J connectivity index is 1.82. The molecule has 3 saturated carbocycles. The molecule has 0 saturated heterocycles. The van der Waals surface area contributed by atoms with Gasteiger partial charge in [-0.05, 0) is 16.6 Å². The SMILES string of the molecule is I[Si](C1CC1)(C1CC1)C1CC1. The molecule has 0 heterocycles. The van der Waals surface area contributed by atoms with Gasteiger partial charge in [0, 0.05) is 0 Å². The first-order chi connectivity index (χ1) is 5.32. The fourth-order valence-electron chi connectivity index (χ4n) is 2.58. The van der Waals surface area contributed by atoms with Crippen molar-refractivity contribution in [2.75, 3.05) is 0 Å². The van der Waals surface area contributed by atoms with Crippen molar-refractivity contribution < 1.29 is 0 Å². The van der Waals surface area contributed by atoms with E-state index in [1.165, 1.54) is 16.6 Å². The van der Waals surface area contributed by atoms with E-state index in [4.69, 9.17) is 0 Å². The second kappa shape index (κ2) is 2.25. The maximum absolute atomic E-state index is 2.97. The molecule has 0 radical (unpaired) electrons. The summed E-state index contributed by atoms with van der Waals surface area (Å²) in [7, 11) is 0. The smallest absolute Gasteiger partial charge is 0.118 e. The minimum Gasteiger partial charge on any atom is -0.118 e. The van der Waals surface area contributed by atoms with Gasteiger partial charge in [-0.3, -0.25) is 0 Å². The Bertz CT molecular complexity index is 149. The Morgan fingerprint density at radius 2 is 1.00 bits per heavy atom. The van der Waals surface area contributed by atoms with Gasteiger partial charge in [0.05, 0.1) is 0 Å². The lowest BCUT2D eigenvalue weighted by Crippen LogP contribution is -2.27. The van der Waals surface area contributed by atoms with Gasteiger partial charge in [0.15, 0.2) is 0 Å². The van der Waals surface area contributed by atoms with Crippen LogP contribution in [0.3, 0.4) is 0 Å². The summed E-state index contributed by atoms with van der Waals surface area (Å²) in [5, 5.41) is 0.